The lowest BCUT2D eigenvalue weighted by atomic mass is 10.3. The van der Waals surface area contributed by atoms with E-state index in [4.69, 9.17) is 11.2 Å². The SMILES string of the molecule is C#CC(C)Nc1ccnc(OC)c1. The first kappa shape index (κ1) is 9.40. The van der Waals surface area contributed by atoms with Crippen LogP contribution in [-0.2, 0) is 0 Å². The fraction of sp³-hybridized carbons (Fsp3) is 0.300. The summed E-state index contributed by atoms with van der Waals surface area (Å²) in [5.74, 6) is 3.16. The molecule has 68 valence electrons. The molecule has 0 aliphatic heterocycles. The second-order valence-corrected chi connectivity index (χ2v) is 2.62. The van der Waals surface area contributed by atoms with Gasteiger partial charge in [0.25, 0.3) is 0 Å². The lowest BCUT2D eigenvalue weighted by Gasteiger charge is -2.09. The van der Waals surface area contributed by atoms with Gasteiger partial charge in [0, 0.05) is 18.0 Å². The lowest BCUT2D eigenvalue weighted by Crippen LogP contribution is -2.11. The predicted octanol–water partition coefficient (Wildman–Crippen LogP) is 1.52. The molecule has 1 N–H and O–H groups in total. The van der Waals surface area contributed by atoms with E-state index in [0.29, 0.717) is 5.88 Å². The standard InChI is InChI=1S/C10H12N2O/c1-4-8(2)12-9-5-6-11-10(7-9)13-3/h1,5-8H,2-3H3,(H,11,12). The zero-order valence-electron chi connectivity index (χ0n) is 7.74. The highest BCUT2D eigenvalue weighted by Crippen LogP contribution is 2.13. The number of ether oxygens (including phenoxy) is 1. The van der Waals surface area contributed by atoms with Gasteiger partial charge in [0.2, 0.25) is 5.88 Å². The van der Waals surface area contributed by atoms with Gasteiger partial charge in [-0.1, -0.05) is 5.92 Å². The van der Waals surface area contributed by atoms with Crippen LogP contribution in [0.4, 0.5) is 5.69 Å². The van der Waals surface area contributed by atoms with Crippen LogP contribution in [-0.4, -0.2) is 18.1 Å². The molecule has 1 heterocycles. The third-order valence-corrected chi connectivity index (χ3v) is 1.58. The van der Waals surface area contributed by atoms with Crippen LogP contribution in [0.5, 0.6) is 5.88 Å². The van der Waals surface area contributed by atoms with Crippen molar-refractivity contribution in [3.8, 4) is 18.2 Å². The Bertz CT molecular complexity index is 317. The number of aromatic nitrogens is 1. The van der Waals surface area contributed by atoms with E-state index in [1.54, 1.807) is 19.4 Å². The van der Waals surface area contributed by atoms with Crippen LogP contribution in [0.3, 0.4) is 0 Å². The number of methoxy groups -OCH3 is 1. The van der Waals surface area contributed by atoms with E-state index in [1.807, 2.05) is 13.0 Å². The van der Waals surface area contributed by atoms with Crippen LogP contribution in [0.1, 0.15) is 6.92 Å². The van der Waals surface area contributed by atoms with Gasteiger partial charge < -0.3 is 10.1 Å². The van der Waals surface area contributed by atoms with Gasteiger partial charge in [0.1, 0.15) is 0 Å². The first-order valence-electron chi connectivity index (χ1n) is 3.99. The Kier molecular flexibility index (Phi) is 3.15. The van der Waals surface area contributed by atoms with E-state index in [0.717, 1.165) is 5.69 Å². The summed E-state index contributed by atoms with van der Waals surface area (Å²) >= 11 is 0. The van der Waals surface area contributed by atoms with Crippen LogP contribution >= 0.6 is 0 Å². The lowest BCUT2D eigenvalue weighted by molar-refractivity contribution is 0.398. The molecule has 3 heteroatoms. The maximum atomic E-state index is 5.23. The van der Waals surface area contributed by atoms with E-state index >= 15 is 0 Å². The van der Waals surface area contributed by atoms with E-state index in [2.05, 4.69) is 16.2 Å². The summed E-state index contributed by atoms with van der Waals surface area (Å²) in [6.45, 7) is 1.91. The van der Waals surface area contributed by atoms with Crippen LogP contribution in [0, 0.1) is 12.3 Å². The normalized spacial score (nSPS) is 11.5. The van der Waals surface area contributed by atoms with Crippen molar-refractivity contribution in [1.82, 2.24) is 4.98 Å². The summed E-state index contributed by atoms with van der Waals surface area (Å²) in [4.78, 5) is 3.98. The Balaban J connectivity index is 2.73. The molecule has 0 fully saturated rings. The summed E-state index contributed by atoms with van der Waals surface area (Å²) in [7, 11) is 1.58. The summed E-state index contributed by atoms with van der Waals surface area (Å²) in [5.41, 5.74) is 0.914. The Hall–Kier alpha value is -1.69. The third-order valence-electron chi connectivity index (χ3n) is 1.58. The smallest absolute Gasteiger partial charge is 0.214 e. The van der Waals surface area contributed by atoms with Crippen molar-refractivity contribution in [2.24, 2.45) is 0 Å². The largest absolute Gasteiger partial charge is 0.481 e. The number of nitrogens with zero attached hydrogens (tertiary/aromatic N) is 1. The molecule has 0 amide bonds. The second-order valence-electron chi connectivity index (χ2n) is 2.62. The zero-order chi connectivity index (χ0) is 9.68. The van der Waals surface area contributed by atoms with Crippen molar-refractivity contribution >= 4 is 5.69 Å². The first-order chi connectivity index (χ1) is 6.26. The maximum absolute atomic E-state index is 5.23. The van der Waals surface area contributed by atoms with E-state index in [9.17, 15) is 0 Å². The Morgan fingerprint density at radius 1 is 1.69 bits per heavy atom. The summed E-state index contributed by atoms with van der Waals surface area (Å²) in [6.07, 6.45) is 6.90. The van der Waals surface area contributed by atoms with Gasteiger partial charge >= 0.3 is 0 Å². The maximum Gasteiger partial charge on any atom is 0.214 e. The minimum atomic E-state index is 0.00658. The van der Waals surface area contributed by atoms with Gasteiger partial charge in [-0.25, -0.2) is 4.98 Å². The molecule has 1 aromatic rings. The summed E-state index contributed by atoms with van der Waals surface area (Å²) < 4.78 is 4.97. The van der Waals surface area contributed by atoms with Crippen molar-refractivity contribution in [2.75, 3.05) is 12.4 Å². The molecule has 0 aliphatic rings. The molecule has 1 aromatic heterocycles. The molecule has 0 bridgehead atoms. The highest BCUT2D eigenvalue weighted by molar-refractivity contribution is 5.46. The fourth-order valence-electron chi connectivity index (χ4n) is 0.903. The fourth-order valence-corrected chi connectivity index (χ4v) is 0.903. The van der Waals surface area contributed by atoms with Crippen molar-refractivity contribution in [3.63, 3.8) is 0 Å². The van der Waals surface area contributed by atoms with Gasteiger partial charge in [-0.2, -0.15) is 0 Å². The third kappa shape index (κ3) is 2.68. The van der Waals surface area contributed by atoms with Crippen LogP contribution in [0.15, 0.2) is 18.3 Å². The highest BCUT2D eigenvalue weighted by atomic mass is 16.5. The quantitative estimate of drug-likeness (QED) is 0.709. The van der Waals surface area contributed by atoms with Crippen molar-refractivity contribution in [1.29, 1.82) is 0 Å². The molecule has 0 aliphatic carbocycles. The second kappa shape index (κ2) is 4.36. The minimum absolute atomic E-state index is 0.00658. The van der Waals surface area contributed by atoms with Gasteiger partial charge in [-0.15, -0.1) is 6.42 Å². The molecule has 1 unspecified atom stereocenters. The van der Waals surface area contributed by atoms with E-state index in [1.165, 1.54) is 0 Å². The number of rotatable bonds is 3. The molecule has 3 nitrogen and oxygen atoms in total. The van der Waals surface area contributed by atoms with Crippen LogP contribution in [0.25, 0.3) is 0 Å². The van der Waals surface area contributed by atoms with Gasteiger partial charge in [-0.3, -0.25) is 0 Å². The molecule has 0 spiro atoms. The molecule has 0 aromatic carbocycles. The first-order valence-corrected chi connectivity index (χ1v) is 3.99. The average Bonchev–Trinajstić information content (AvgIpc) is 2.18. The zero-order valence-corrected chi connectivity index (χ0v) is 7.74. The number of hydrogen-bond acceptors (Lipinski definition) is 3. The van der Waals surface area contributed by atoms with Gasteiger partial charge in [0.05, 0.1) is 13.2 Å². The van der Waals surface area contributed by atoms with Gasteiger partial charge in [-0.05, 0) is 13.0 Å². The summed E-state index contributed by atoms with van der Waals surface area (Å²) in [5, 5.41) is 3.11. The number of terminal acetylenes is 1. The average molecular weight is 176 g/mol. The van der Waals surface area contributed by atoms with Crippen molar-refractivity contribution in [3.05, 3.63) is 18.3 Å². The number of nitrogens with one attached hydrogen (secondary N) is 1. The van der Waals surface area contributed by atoms with E-state index < -0.39 is 0 Å². The Morgan fingerprint density at radius 3 is 3.08 bits per heavy atom. The molecule has 0 saturated heterocycles. The monoisotopic (exact) mass is 176 g/mol. The van der Waals surface area contributed by atoms with Crippen LogP contribution < -0.4 is 10.1 Å². The predicted molar refractivity (Wildman–Crippen MR) is 52.7 cm³/mol. The molecular formula is C10H12N2O. The molecule has 1 atom stereocenters. The van der Waals surface area contributed by atoms with Crippen molar-refractivity contribution in [2.45, 2.75) is 13.0 Å². The van der Waals surface area contributed by atoms with Gasteiger partial charge in [0.15, 0.2) is 0 Å². The van der Waals surface area contributed by atoms with E-state index in [-0.39, 0.29) is 6.04 Å². The molecule has 0 radical (unpaired) electrons. The Labute approximate surface area is 78.1 Å². The molecule has 13 heavy (non-hydrogen) atoms. The molecule has 0 saturated carbocycles. The minimum Gasteiger partial charge on any atom is -0.481 e. The highest BCUT2D eigenvalue weighted by Gasteiger charge is 1.98. The molecule has 1 rings (SSSR count). The topological polar surface area (TPSA) is 34.2 Å². The number of hydrogen-bond donors (Lipinski definition) is 1. The number of pyridine rings is 1. The number of anilines is 1. The van der Waals surface area contributed by atoms with Crippen LogP contribution in [0.2, 0.25) is 0 Å². The Morgan fingerprint density at radius 2 is 2.46 bits per heavy atom. The van der Waals surface area contributed by atoms with Crippen molar-refractivity contribution < 1.29 is 4.74 Å². The molecular weight excluding hydrogens is 164 g/mol. The summed E-state index contributed by atoms with van der Waals surface area (Å²) in [6, 6.07) is 3.65.